The van der Waals surface area contributed by atoms with Crippen LogP contribution in [0, 0.1) is 0 Å². The number of carbonyl (C=O) groups is 1. The summed E-state index contributed by atoms with van der Waals surface area (Å²) >= 11 is 0. The lowest BCUT2D eigenvalue weighted by Crippen LogP contribution is -2.35. The highest BCUT2D eigenvalue weighted by Gasteiger charge is 2.28. The average molecular weight is 538 g/mol. The van der Waals surface area contributed by atoms with Crippen molar-refractivity contribution in [3.63, 3.8) is 0 Å². The Morgan fingerprint density at radius 3 is 2.66 bits per heavy atom. The molecule has 1 aromatic carbocycles. The Morgan fingerprint density at radius 1 is 1.16 bits per heavy atom. The summed E-state index contributed by atoms with van der Waals surface area (Å²) in [6.45, 7) is 9.53. The number of anilines is 1. The number of halogens is 1. The van der Waals surface area contributed by atoms with Crippen LogP contribution in [0.3, 0.4) is 0 Å². The quantitative estimate of drug-likeness (QED) is 0.390. The predicted molar refractivity (Wildman–Crippen MR) is 145 cm³/mol. The van der Waals surface area contributed by atoms with Gasteiger partial charge in [0.25, 0.3) is 0 Å². The van der Waals surface area contributed by atoms with E-state index in [0.717, 1.165) is 67.2 Å². The van der Waals surface area contributed by atoms with Crippen molar-refractivity contribution in [1.29, 1.82) is 0 Å². The predicted octanol–water partition coefficient (Wildman–Crippen LogP) is 4.14. The zero-order valence-electron chi connectivity index (χ0n) is 21.8. The first-order valence-electron chi connectivity index (χ1n) is 12.8. The van der Waals surface area contributed by atoms with E-state index in [-0.39, 0.29) is 29.6 Å². The molecule has 1 saturated heterocycles. The molecule has 4 heterocycles. The van der Waals surface area contributed by atoms with Gasteiger partial charge in [-0.1, -0.05) is 38.1 Å². The van der Waals surface area contributed by atoms with Gasteiger partial charge in [0.2, 0.25) is 0 Å². The summed E-state index contributed by atoms with van der Waals surface area (Å²) in [6, 6.07) is 8.53. The molecular formula is C27H32ClN7O3. The second kappa shape index (κ2) is 10.3. The van der Waals surface area contributed by atoms with Crippen molar-refractivity contribution < 1.29 is 14.1 Å². The Morgan fingerprint density at radius 2 is 1.95 bits per heavy atom. The molecule has 0 atom stereocenters. The summed E-state index contributed by atoms with van der Waals surface area (Å²) < 4.78 is 12.6. The van der Waals surface area contributed by atoms with E-state index in [4.69, 9.17) is 9.26 Å². The third-order valence-electron chi connectivity index (χ3n) is 6.93. The number of fused-ring (bicyclic) bond motifs is 1. The zero-order valence-corrected chi connectivity index (χ0v) is 22.6. The maximum atomic E-state index is 12.7. The van der Waals surface area contributed by atoms with Crippen LogP contribution in [0.1, 0.15) is 67.2 Å². The summed E-state index contributed by atoms with van der Waals surface area (Å²) in [6.07, 6.45) is 5.95. The minimum Gasteiger partial charge on any atom is -0.378 e. The topological polar surface area (TPSA) is 111 Å². The Bertz CT molecular complexity index is 1450. The largest absolute Gasteiger partial charge is 0.378 e. The molecule has 200 valence electrons. The molecule has 3 aromatic heterocycles. The fraction of sp³-hybridized carbons (Fsp3) is 0.444. The van der Waals surface area contributed by atoms with Gasteiger partial charge in [-0.2, -0.15) is 10.1 Å². The van der Waals surface area contributed by atoms with Crippen molar-refractivity contribution in [1.82, 2.24) is 30.1 Å². The van der Waals surface area contributed by atoms with Crippen molar-refractivity contribution in [2.75, 3.05) is 31.2 Å². The average Bonchev–Trinajstić information content (AvgIpc) is 3.43. The van der Waals surface area contributed by atoms with Gasteiger partial charge in [0.1, 0.15) is 6.33 Å². The summed E-state index contributed by atoms with van der Waals surface area (Å²) in [4.78, 5) is 23.9. The van der Waals surface area contributed by atoms with Crippen molar-refractivity contribution in [2.24, 2.45) is 0 Å². The normalized spacial score (nSPS) is 15.9. The molecule has 2 fully saturated rings. The lowest BCUT2D eigenvalue weighted by Gasteiger charge is -2.27. The molecule has 0 spiro atoms. The molecule has 2 aliphatic rings. The maximum absolute atomic E-state index is 12.7. The van der Waals surface area contributed by atoms with Crippen LogP contribution < -0.4 is 10.2 Å². The molecule has 1 aliphatic carbocycles. The number of nitrogens with zero attached hydrogens (tertiary/aromatic N) is 6. The number of hydrogen-bond acceptors (Lipinski definition) is 8. The van der Waals surface area contributed by atoms with Crippen molar-refractivity contribution >= 4 is 29.5 Å². The lowest BCUT2D eigenvalue weighted by atomic mass is 9.96. The molecule has 11 heteroatoms. The third-order valence-corrected chi connectivity index (χ3v) is 6.93. The minimum absolute atomic E-state index is 0. The number of nitrogens with one attached hydrogen (secondary N) is 1. The van der Waals surface area contributed by atoms with Crippen LogP contribution in [0.25, 0.3) is 16.8 Å². The first-order valence-corrected chi connectivity index (χ1v) is 12.8. The van der Waals surface area contributed by atoms with Crippen molar-refractivity contribution in [3.05, 3.63) is 59.6 Å². The number of ether oxygens (including phenoxy) is 1. The standard InChI is InChI=1S/C27H31N7O3.ClH/c1-27(2,3)26-31-25(37-32-26)24(35)28-14-19-7-6-18(12-21(19)17-4-5-17)23-22-13-20(15-34(22)30-16-29-23)33-8-10-36-11-9-33;/h6-7,12-13,15-17H,4-5,8-11,14H2,1-3H3,(H,28,35);1H. The first-order chi connectivity index (χ1) is 17.9. The van der Waals surface area contributed by atoms with Crippen LogP contribution in [0.5, 0.6) is 0 Å². The summed E-state index contributed by atoms with van der Waals surface area (Å²) in [5.74, 6) is 0.632. The van der Waals surface area contributed by atoms with E-state index < -0.39 is 0 Å². The zero-order chi connectivity index (χ0) is 25.6. The van der Waals surface area contributed by atoms with Gasteiger partial charge in [-0.3, -0.25) is 4.79 Å². The molecular weight excluding hydrogens is 506 g/mol. The fourth-order valence-corrected chi connectivity index (χ4v) is 4.68. The van der Waals surface area contributed by atoms with Gasteiger partial charge < -0.3 is 19.5 Å². The van der Waals surface area contributed by atoms with E-state index in [1.54, 1.807) is 6.33 Å². The third kappa shape index (κ3) is 5.23. The van der Waals surface area contributed by atoms with Crippen LogP contribution in [0.4, 0.5) is 5.69 Å². The summed E-state index contributed by atoms with van der Waals surface area (Å²) in [7, 11) is 0. The molecule has 1 aliphatic heterocycles. The SMILES string of the molecule is CC(C)(C)c1noc(C(=O)NCc2ccc(-c3ncnn4cc(N5CCOCC5)cc34)cc2C2CC2)n1.Cl. The second-order valence-electron chi connectivity index (χ2n) is 10.8. The van der Waals surface area contributed by atoms with Crippen molar-refractivity contribution in [3.8, 4) is 11.3 Å². The number of benzene rings is 1. The van der Waals surface area contributed by atoms with E-state index in [1.165, 1.54) is 5.56 Å². The van der Waals surface area contributed by atoms with Gasteiger partial charge in [0.05, 0.1) is 36.3 Å². The number of carbonyl (C=O) groups excluding carboxylic acids is 1. The summed E-state index contributed by atoms with van der Waals surface area (Å²) in [5, 5.41) is 11.3. The van der Waals surface area contributed by atoms with Crippen LogP contribution >= 0.6 is 12.4 Å². The highest BCUT2D eigenvalue weighted by Crippen LogP contribution is 2.43. The Hall–Kier alpha value is -3.50. The van der Waals surface area contributed by atoms with Gasteiger partial charge in [-0.05, 0) is 42.0 Å². The molecule has 0 bridgehead atoms. The molecule has 1 N–H and O–H groups in total. The number of morpholine rings is 1. The van der Waals surface area contributed by atoms with Crippen LogP contribution in [-0.2, 0) is 16.7 Å². The fourth-order valence-electron chi connectivity index (χ4n) is 4.68. The second-order valence-corrected chi connectivity index (χ2v) is 10.8. The molecule has 1 amide bonds. The molecule has 10 nitrogen and oxygen atoms in total. The maximum Gasteiger partial charge on any atom is 0.315 e. The minimum atomic E-state index is -0.366. The highest BCUT2D eigenvalue weighted by atomic mass is 35.5. The molecule has 0 radical (unpaired) electrons. The van der Waals surface area contributed by atoms with Crippen LogP contribution in [-0.4, -0.2) is 56.9 Å². The number of aromatic nitrogens is 5. The molecule has 1 saturated carbocycles. The van der Waals surface area contributed by atoms with Gasteiger partial charge in [-0.15, -0.1) is 12.4 Å². The highest BCUT2D eigenvalue weighted by molar-refractivity contribution is 5.89. The van der Waals surface area contributed by atoms with Gasteiger partial charge in [0.15, 0.2) is 5.82 Å². The number of rotatable bonds is 6. The van der Waals surface area contributed by atoms with Crippen LogP contribution in [0.15, 0.2) is 41.3 Å². The number of hydrogen-bond donors (Lipinski definition) is 1. The smallest absolute Gasteiger partial charge is 0.315 e. The molecule has 6 rings (SSSR count). The molecule has 0 unspecified atom stereocenters. The van der Waals surface area contributed by atoms with Crippen molar-refractivity contribution in [2.45, 2.75) is 51.5 Å². The first kappa shape index (κ1) is 26.1. The Labute approximate surface area is 227 Å². The lowest BCUT2D eigenvalue weighted by molar-refractivity contribution is 0.0907. The monoisotopic (exact) mass is 537 g/mol. The summed E-state index contributed by atoms with van der Waals surface area (Å²) in [5.41, 5.74) is 6.09. The Balaban J connectivity index is 0.00000294. The Kier molecular flexibility index (Phi) is 7.11. The molecule has 4 aromatic rings. The van der Waals surface area contributed by atoms with Gasteiger partial charge in [-0.25, -0.2) is 9.50 Å². The van der Waals surface area contributed by atoms with E-state index in [2.05, 4.69) is 60.9 Å². The van der Waals surface area contributed by atoms with E-state index >= 15 is 0 Å². The van der Waals surface area contributed by atoms with E-state index in [1.807, 2.05) is 25.3 Å². The molecule has 38 heavy (non-hydrogen) atoms. The van der Waals surface area contributed by atoms with E-state index in [9.17, 15) is 4.79 Å². The number of amides is 1. The van der Waals surface area contributed by atoms with Gasteiger partial charge >= 0.3 is 11.8 Å². The van der Waals surface area contributed by atoms with Crippen LogP contribution in [0.2, 0.25) is 0 Å². The van der Waals surface area contributed by atoms with E-state index in [0.29, 0.717) is 18.3 Å². The van der Waals surface area contributed by atoms with Gasteiger partial charge in [0, 0.05) is 30.6 Å².